The molecule has 0 aliphatic carbocycles. The van der Waals surface area contributed by atoms with E-state index in [4.69, 9.17) is 0 Å². The average molecular weight is 318 g/mol. The van der Waals surface area contributed by atoms with Gasteiger partial charge < -0.3 is 5.32 Å². The van der Waals surface area contributed by atoms with Gasteiger partial charge in [-0.25, -0.2) is 9.48 Å². The summed E-state index contributed by atoms with van der Waals surface area (Å²) in [5.74, 6) is 0.518. The van der Waals surface area contributed by atoms with Crippen LogP contribution in [-0.2, 0) is 30.8 Å². The first-order valence-electron chi connectivity index (χ1n) is 8.01. The van der Waals surface area contributed by atoms with E-state index < -0.39 is 0 Å². The van der Waals surface area contributed by atoms with Gasteiger partial charge in [-0.2, -0.15) is 10.2 Å². The van der Waals surface area contributed by atoms with Gasteiger partial charge in [0.05, 0.1) is 17.1 Å². The van der Waals surface area contributed by atoms with Crippen molar-refractivity contribution in [3.8, 4) is 0 Å². The molecule has 0 atom stereocenters. The third-order valence-corrected chi connectivity index (χ3v) is 4.27. The fraction of sp³-hybridized carbons (Fsp3) is 0.600. The average Bonchev–Trinajstić information content (AvgIpc) is 2.99. The number of anilines is 1. The van der Waals surface area contributed by atoms with Crippen LogP contribution in [0.3, 0.4) is 0 Å². The number of amides is 1. The molecule has 0 saturated carbocycles. The lowest BCUT2D eigenvalue weighted by Crippen LogP contribution is -2.31. The van der Waals surface area contributed by atoms with Crippen LogP contribution in [0.5, 0.6) is 0 Å². The Kier molecular flexibility index (Phi) is 4.06. The highest BCUT2D eigenvalue weighted by Gasteiger charge is 2.19. The van der Waals surface area contributed by atoms with Crippen molar-refractivity contribution in [2.45, 2.75) is 59.7 Å². The normalized spacial score (nSPS) is 13.9. The predicted molar refractivity (Wildman–Crippen MR) is 85.4 cm³/mol. The maximum absolute atomic E-state index is 12.3. The van der Waals surface area contributed by atoms with E-state index in [2.05, 4.69) is 15.5 Å². The summed E-state index contributed by atoms with van der Waals surface area (Å²) in [5.41, 5.74) is 2.20. The van der Waals surface area contributed by atoms with Crippen LogP contribution < -0.4 is 11.0 Å². The number of fused-ring (bicyclic) bond motifs is 1. The van der Waals surface area contributed by atoms with Gasteiger partial charge in [0.1, 0.15) is 12.4 Å². The predicted octanol–water partition coefficient (Wildman–Crippen LogP) is 0.853. The standard InChI is InChI=1S/C15H22N6O2/c1-4-20-11(3)14(10(2)17-20)16-13(22)9-21-15(23)19-8-6-5-7-12(19)18-21/h4-9H2,1-3H3,(H,16,22). The summed E-state index contributed by atoms with van der Waals surface area (Å²) in [6.07, 6.45) is 2.82. The molecular formula is C15H22N6O2. The van der Waals surface area contributed by atoms with E-state index in [-0.39, 0.29) is 18.1 Å². The zero-order valence-corrected chi connectivity index (χ0v) is 13.8. The third-order valence-electron chi connectivity index (χ3n) is 4.27. The number of carbonyl (C=O) groups is 1. The maximum Gasteiger partial charge on any atom is 0.346 e. The van der Waals surface area contributed by atoms with Gasteiger partial charge in [0.25, 0.3) is 0 Å². The van der Waals surface area contributed by atoms with Crippen molar-refractivity contribution in [1.29, 1.82) is 0 Å². The molecule has 124 valence electrons. The van der Waals surface area contributed by atoms with Gasteiger partial charge in [-0.15, -0.1) is 0 Å². The van der Waals surface area contributed by atoms with Gasteiger partial charge in [0, 0.05) is 19.5 Å². The molecule has 1 aliphatic heterocycles. The van der Waals surface area contributed by atoms with Crippen molar-refractivity contribution in [2.75, 3.05) is 5.32 Å². The number of nitrogens with one attached hydrogen (secondary N) is 1. The highest BCUT2D eigenvalue weighted by Crippen LogP contribution is 2.19. The minimum atomic E-state index is -0.260. The molecule has 0 saturated heterocycles. The van der Waals surface area contributed by atoms with Crippen LogP contribution in [0, 0.1) is 13.8 Å². The number of carbonyl (C=O) groups excluding carboxylic acids is 1. The maximum atomic E-state index is 12.3. The molecule has 1 aliphatic rings. The second-order valence-electron chi connectivity index (χ2n) is 5.87. The molecule has 2 aromatic rings. The van der Waals surface area contributed by atoms with Crippen molar-refractivity contribution in [3.63, 3.8) is 0 Å². The van der Waals surface area contributed by atoms with E-state index in [1.54, 1.807) is 4.57 Å². The minimum Gasteiger partial charge on any atom is -0.321 e. The highest BCUT2D eigenvalue weighted by atomic mass is 16.2. The molecule has 3 rings (SSSR count). The summed E-state index contributed by atoms with van der Waals surface area (Å²) in [4.78, 5) is 24.5. The van der Waals surface area contributed by atoms with Crippen molar-refractivity contribution < 1.29 is 4.79 Å². The van der Waals surface area contributed by atoms with Gasteiger partial charge in [0.2, 0.25) is 5.91 Å². The Balaban J connectivity index is 1.77. The summed E-state index contributed by atoms with van der Waals surface area (Å²) < 4.78 is 4.76. The van der Waals surface area contributed by atoms with Crippen LogP contribution in [0.2, 0.25) is 0 Å². The van der Waals surface area contributed by atoms with Crippen LogP contribution >= 0.6 is 0 Å². The summed E-state index contributed by atoms with van der Waals surface area (Å²) in [6, 6.07) is 0. The van der Waals surface area contributed by atoms with Crippen LogP contribution in [0.25, 0.3) is 0 Å². The zero-order valence-electron chi connectivity index (χ0n) is 13.8. The molecule has 0 bridgehead atoms. The van der Waals surface area contributed by atoms with Gasteiger partial charge in [-0.3, -0.25) is 14.0 Å². The van der Waals surface area contributed by atoms with E-state index >= 15 is 0 Å². The topological polar surface area (TPSA) is 86.7 Å². The smallest absolute Gasteiger partial charge is 0.321 e. The number of hydrogen-bond acceptors (Lipinski definition) is 4. The summed E-state index contributed by atoms with van der Waals surface area (Å²) >= 11 is 0. The number of hydrogen-bond donors (Lipinski definition) is 1. The summed E-state index contributed by atoms with van der Waals surface area (Å²) in [6.45, 7) is 7.14. The fourth-order valence-electron chi connectivity index (χ4n) is 3.05. The molecule has 2 aromatic heterocycles. The fourth-order valence-corrected chi connectivity index (χ4v) is 3.05. The molecule has 8 nitrogen and oxygen atoms in total. The van der Waals surface area contributed by atoms with E-state index in [1.807, 2.05) is 25.5 Å². The minimum absolute atomic E-state index is 0.0744. The lowest BCUT2D eigenvalue weighted by molar-refractivity contribution is -0.117. The van der Waals surface area contributed by atoms with Gasteiger partial charge in [0.15, 0.2) is 0 Å². The Bertz CT molecular complexity index is 798. The quantitative estimate of drug-likeness (QED) is 0.905. The van der Waals surface area contributed by atoms with Gasteiger partial charge >= 0.3 is 5.69 Å². The van der Waals surface area contributed by atoms with E-state index in [1.165, 1.54) is 4.68 Å². The first-order chi connectivity index (χ1) is 11.0. The van der Waals surface area contributed by atoms with E-state index in [0.717, 1.165) is 43.0 Å². The Labute approximate surface area is 134 Å². The summed E-state index contributed by atoms with van der Waals surface area (Å²) in [7, 11) is 0. The highest BCUT2D eigenvalue weighted by molar-refractivity contribution is 5.91. The van der Waals surface area contributed by atoms with Crippen molar-refractivity contribution in [2.24, 2.45) is 0 Å². The molecule has 0 fully saturated rings. The second kappa shape index (κ2) is 6.02. The molecule has 0 unspecified atom stereocenters. The third kappa shape index (κ3) is 2.80. The lowest BCUT2D eigenvalue weighted by Gasteiger charge is -2.09. The Hall–Kier alpha value is -2.38. The van der Waals surface area contributed by atoms with Crippen molar-refractivity contribution >= 4 is 11.6 Å². The molecule has 0 spiro atoms. The monoisotopic (exact) mass is 318 g/mol. The number of aryl methyl sites for hydroxylation is 3. The first kappa shape index (κ1) is 15.5. The molecule has 3 heterocycles. The molecule has 0 aromatic carbocycles. The molecular weight excluding hydrogens is 296 g/mol. The number of aromatic nitrogens is 5. The number of nitrogens with zero attached hydrogens (tertiary/aromatic N) is 5. The lowest BCUT2D eigenvalue weighted by atomic mass is 10.2. The molecule has 8 heteroatoms. The summed E-state index contributed by atoms with van der Waals surface area (Å²) in [5, 5.41) is 11.5. The Morgan fingerprint density at radius 1 is 1.22 bits per heavy atom. The number of rotatable bonds is 4. The Morgan fingerprint density at radius 2 is 2.00 bits per heavy atom. The van der Waals surface area contributed by atoms with Gasteiger partial charge in [-0.1, -0.05) is 0 Å². The molecule has 23 heavy (non-hydrogen) atoms. The largest absolute Gasteiger partial charge is 0.346 e. The Morgan fingerprint density at radius 3 is 2.65 bits per heavy atom. The van der Waals surface area contributed by atoms with Crippen LogP contribution in [0.15, 0.2) is 4.79 Å². The van der Waals surface area contributed by atoms with Crippen LogP contribution in [0.4, 0.5) is 5.69 Å². The molecule has 0 radical (unpaired) electrons. The van der Waals surface area contributed by atoms with E-state index in [0.29, 0.717) is 12.2 Å². The van der Waals surface area contributed by atoms with Crippen molar-refractivity contribution in [1.82, 2.24) is 24.1 Å². The van der Waals surface area contributed by atoms with Crippen molar-refractivity contribution in [3.05, 3.63) is 27.7 Å². The first-order valence-corrected chi connectivity index (χ1v) is 8.01. The van der Waals surface area contributed by atoms with E-state index in [9.17, 15) is 9.59 Å². The molecule has 1 N–H and O–H groups in total. The van der Waals surface area contributed by atoms with Gasteiger partial charge in [-0.05, 0) is 33.6 Å². The van der Waals surface area contributed by atoms with Crippen LogP contribution in [-0.4, -0.2) is 30.0 Å². The zero-order chi connectivity index (χ0) is 16.6. The SMILES string of the molecule is CCn1nc(C)c(NC(=O)Cn2nc3n(c2=O)CCCC3)c1C. The second-order valence-corrected chi connectivity index (χ2v) is 5.87. The molecule has 1 amide bonds. The van der Waals surface area contributed by atoms with Crippen LogP contribution in [0.1, 0.15) is 37.0 Å².